The number of rotatable bonds is 5. The average molecular weight is 306 g/mol. The minimum Gasteiger partial charge on any atom is -0.492 e. The molecule has 4 nitrogen and oxygen atoms in total. The summed E-state index contributed by atoms with van der Waals surface area (Å²) in [4.78, 5) is 12.3. The lowest BCUT2D eigenvalue weighted by Gasteiger charge is -2.15. The molecule has 0 heterocycles. The van der Waals surface area contributed by atoms with Crippen molar-refractivity contribution in [3.8, 4) is 11.5 Å². The van der Waals surface area contributed by atoms with Crippen LogP contribution in [0.5, 0.6) is 11.5 Å². The molecule has 0 aliphatic heterocycles. The maximum absolute atomic E-state index is 12.3. The number of hydrogen-bond acceptors (Lipinski definition) is 4. The number of ketones is 1. The molecule has 0 spiro atoms. The van der Waals surface area contributed by atoms with E-state index in [2.05, 4.69) is 0 Å². The standard InChI is InChI=1S/C16H16ClNO3/c1-20-15-11(8-12(17)14(18)16(15)21-2)9-13(19)10-6-4-3-5-7-10/h3-8H,9,18H2,1-2H3. The number of methoxy groups -OCH3 is 2. The Bertz CT molecular complexity index is 656. The molecule has 0 radical (unpaired) electrons. The number of carbonyl (C=O) groups is 1. The van der Waals surface area contributed by atoms with Gasteiger partial charge in [0.25, 0.3) is 0 Å². The summed E-state index contributed by atoms with van der Waals surface area (Å²) >= 11 is 6.08. The Labute approximate surface area is 128 Å². The van der Waals surface area contributed by atoms with Gasteiger partial charge in [-0.15, -0.1) is 0 Å². The van der Waals surface area contributed by atoms with Crippen molar-refractivity contribution in [3.05, 3.63) is 52.5 Å². The monoisotopic (exact) mass is 305 g/mol. The van der Waals surface area contributed by atoms with Crippen molar-refractivity contribution in [1.82, 2.24) is 0 Å². The molecule has 2 aromatic rings. The maximum Gasteiger partial charge on any atom is 0.185 e. The van der Waals surface area contributed by atoms with E-state index in [9.17, 15) is 4.79 Å². The van der Waals surface area contributed by atoms with Crippen LogP contribution in [0.1, 0.15) is 15.9 Å². The third kappa shape index (κ3) is 3.11. The molecule has 110 valence electrons. The molecule has 0 aromatic heterocycles. The van der Waals surface area contributed by atoms with Gasteiger partial charge in [-0.05, 0) is 6.07 Å². The first-order chi connectivity index (χ1) is 10.1. The molecule has 0 fully saturated rings. The van der Waals surface area contributed by atoms with Gasteiger partial charge in [0.05, 0.1) is 24.9 Å². The van der Waals surface area contributed by atoms with Crippen molar-refractivity contribution < 1.29 is 14.3 Å². The number of halogens is 1. The van der Waals surface area contributed by atoms with Gasteiger partial charge in [-0.3, -0.25) is 4.79 Å². The Morgan fingerprint density at radius 1 is 1.14 bits per heavy atom. The van der Waals surface area contributed by atoms with Crippen LogP contribution in [0, 0.1) is 0 Å². The number of benzene rings is 2. The van der Waals surface area contributed by atoms with Crippen LogP contribution in [0.15, 0.2) is 36.4 Å². The Morgan fingerprint density at radius 2 is 1.76 bits per heavy atom. The molecule has 0 aliphatic rings. The number of anilines is 1. The summed E-state index contributed by atoms with van der Waals surface area (Å²) in [7, 11) is 2.98. The average Bonchev–Trinajstić information content (AvgIpc) is 2.51. The Hall–Kier alpha value is -2.20. The lowest BCUT2D eigenvalue weighted by atomic mass is 10.0. The Balaban J connectivity index is 2.40. The van der Waals surface area contributed by atoms with E-state index in [1.54, 1.807) is 18.2 Å². The van der Waals surface area contributed by atoms with Crippen LogP contribution in [0.2, 0.25) is 5.02 Å². The van der Waals surface area contributed by atoms with Gasteiger partial charge in [-0.2, -0.15) is 0 Å². The van der Waals surface area contributed by atoms with Crippen molar-refractivity contribution in [3.63, 3.8) is 0 Å². The molecule has 0 saturated heterocycles. The lowest BCUT2D eigenvalue weighted by Crippen LogP contribution is -2.07. The molecule has 0 unspecified atom stereocenters. The van der Waals surface area contributed by atoms with Crippen LogP contribution < -0.4 is 15.2 Å². The maximum atomic E-state index is 12.3. The summed E-state index contributed by atoms with van der Waals surface area (Å²) in [5.74, 6) is 0.751. The second-order valence-corrected chi connectivity index (χ2v) is 4.87. The zero-order chi connectivity index (χ0) is 15.4. The molecular formula is C16H16ClNO3. The highest BCUT2D eigenvalue weighted by atomic mass is 35.5. The van der Waals surface area contributed by atoms with Gasteiger partial charge in [0, 0.05) is 17.5 Å². The normalized spacial score (nSPS) is 10.2. The van der Waals surface area contributed by atoms with Crippen LogP contribution >= 0.6 is 11.6 Å². The van der Waals surface area contributed by atoms with E-state index < -0.39 is 0 Å². The number of nitrogen functional groups attached to an aromatic ring is 1. The van der Waals surface area contributed by atoms with Crippen LogP contribution in [-0.2, 0) is 6.42 Å². The van der Waals surface area contributed by atoms with Crippen molar-refractivity contribution in [2.24, 2.45) is 0 Å². The van der Waals surface area contributed by atoms with E-state index in [4.69, 9.17) is 26.8 Å². The highest BCUT2D eigenvalue weighted by molar-refractivity contribution is 6.33. The fraction of sp³-hybridized carbons (Fsp3) is 0.188. The third-order valence-corrected chi connectivity index (χ3v) is 3.47. The van der Waals surface area contributed by atoms with Gasteiger partial charge in [-0.1, -0.05) is 41.9 Å². The van der Waals surface area contributed by atoms with Crippen molar-refractivity contribution in [2.75, 3.05) is 20.0 Å². The summed E-state index contributed by atoms with van der Waals surface area (Å²) in [6, 6.07) is 10.7. The summed E-state index contributed by atoms with van der Waals surface area (Å²) in [6.07, 6.45) is 0.156. The molecule has 0 saturated carbocycles. The van der Waals surface area contributed by atoms with Crippen molar-refractivity contribution in [2.45, 2.75) is 6.42 Å². The SMILES string of the molecule is COc1c(CC(=O)c2ccccc2)cc(Cl)c(N)c1OC. The highest BCUT2D eigenvalue weighted by Crippen LogP contribution is 2.41. The molecule has 21 heavy (non-hydrogen) atoms. The molecule has 5 heteroatoms. The van der Waals surface area contributed by atoms with E-state index in [-0.39, 0.29) is 12.2 Å². The van der Waals surface area contributed by atoms with E-state index in [0.717, 1.165) is 0 Å². The molecular weight excluding hydrogens is 290 g/mol. The Kier molecular flexibility index (Phi) is 4.70. The van der Waals surface area contributed by atoms with Gasteiger partial charge in [0.15, 0.2) is 17.3 Å². The summed E-state index contributed by atoms with van der Waals surface area (Å²) < 4.78 is 10.6. The lowest BCUT2D eigenvalue weighted by molar-refractivity contribution is 0.0992. The minimum absolute atomic E-state index is 0.0307. The zero-order valence-electron chi connectivity index (χ0n) is 11.9. The fourth-order valence-corrected chi connectivity index (χ4v) is 2.35. The number of nitrogens with two attached hydrogens (primary N) is 1. The summed E-state index contributed by atoms with van der Waals surface area (Å²) in [5, 5.41) is 0.337. The topological polar surface area (TPSA) is 61.5 Å². The number of Topliss-reactive ketones (excluding diaryl/α,β-unsaturated/α-hetero) is 1. The first-order valence-electron chi connectivity index (χ1n) is 6.35. The first-order valence-corrected chi connectivity index (χ1v) is 6.73. The molecule has 2 aromatic carbocycles. The van der Waals surface area contributed by atoms with Crippen molar-refractivity contribution in [1.29, 1.82) is 0 Å². The number of hydrogen-bond donors (Lipinski definition) is 1. The van der Waals surface area contributed by atoms with Crippen LogP contribution in [0.25, 0.3) is 0 Å². The van der Waals surface area contributed by atoms with Gasteiger partial charge in [0.1, 0.15) is 0 Å². The van der Waals surface area contributed by atoms with Crippen molar-refractivity contribution >= 4 is 23.1 Å². The molecule has 2 N–H and O–H groups in total. The zero-order valence-corrected chi connectivity index (χ0v) is 12.6. The summed E-state index contributed by atoms with van der Waals surface area (Å²) in [5.41, 5.74) is 7.43. The van der Waals surface area contributed by atoms with Gasteiger partial charge < -0.3 is 15.2 Å². The molecule has 0 bridgehead atoms. The molecule has 0 amide bonds. The second kappa shape index (κ2) is 6.50. The second-order valence-electron chi connectivity index (χ2n) is 4.46. The van der Waals surface area contributed by atoms with E-state index in [1.165, 1.54) is 14.2 Å². The van der Waals surface area contributed by atoms with E-state index >= 15 is 0 Å². The van der Waals surface area contributed by atoms with Gasteiger partial charge >= 0.3 is 0 Å². The van der Waals surface area contributed by atoms with E-state index in [1.807, 2.05) is 18.2 Å². The smallest absolute Gasteiger partial charge is 0.185 e. The van der Waals surface area contributed by atoms with Crippen LogP contribution in [0.4, 0.5) is 5.69 Å². The summed E-state index contributed by atoms with van der Waals surface area (Å²) in [6.45, 7) is 0. The van der Waals surface area contributed by atoms with Crippen LogP contribution in [-0.4, -0.2) is 20.0 Å². The van der Waals surface area contributed by atoms with E-state index in [0.29, 0.717) is 33.3 Å². The van der Waals surface area contributed by atoms with Gasteiger partial charge in [-0.25, -0.2) is 0 Å². The molecule has 2 rings (SSSR count). The first kappa shape index (κ1) is 15.2. The highest BCUT2D eigenvalue weighted by Gasteiger charge is 2.19. The molecule has 0 atom stereocenters. The predicted molar refractivity (Wildman–Crippen MR) is 83.4 cm³/mol. The van der Waals surface area contributed by atoms with Gasteiger partial charge in [0.2, 0.25) is 0 Å². The Morgan fingerprint density at radius 3 is 2.33 bits per heavy atom. The van der Waals surface area contributed by atoms with Crippen LogP contribution in [0.3, 0.4) is 0 Å². The molecule has 0 aliphatic carbocycles. The minimum atomic E-state index is -0.0307. The number of ether oxygens (including phenoxy) is 2. The quantitative estimate of drug-likeness (QED) is 0.679. The predicted octanol–water partition coefficient (Wildman–Crippen LogP) is 3.36. The third-order valence-electron chi connectivity index (χ3n) is 3.16. The number of carbonyl (C=O) groups excluding carboxylic acids is 1. The largest absolute Gasteiger partial charge is 0.492 e. The fourth-order valence-electron chi connectivity index (χ4n) is 2.13.